The summed E-state index contributed by atoms with van der Waals surface area (Å²) in [5.74, 6) is 0. The number of hydrogen-bond donors (Lipinski definition) is 0. The Bertz CT molecular complexity index is 176. The Morgan fingerprint density at radius 1 is 1.20 bits per heavy atom. The molecule has 0 saturated carbocycles. The van der Waals surface area contributed by atoms with Crippen LogP contribution in [0.4, 0.5) is 0 Å². The van der Waals surface area contributed by atoms with Gasteiger partial charge in [0.15, 0.2) is 6.29 Å². The summed E-state index contributed by atoms with van der Waals surface area (Å²) in [6.45, 7) is 7.89. The van der Waals surface area contributed by atoms with Crippen LogP contribution >= 0.6 is 0 Å². The fraction of sp³-hybridized carbons (Fsp3) is 1.00. The molecule has 0 atom stereocenters. The number of likely N-dealkylation sites (tertiary alicyclic amines) is 1. The summed E-state index contributed by atoms with van der Waals surface area (Å²) in [4.78, 5) is 2.46. The van der Waals surface area contributed by atoms with Crippen LogP contribution in [0.1, 0.15) is 33.1 Å². The standard InChI is InChI=1S/C12H25NO2/c1-5-12(6-2)7-8-13(10-12)9-11(14-3)15-4/h11H,5-10H2,1-4H3. The minimum absolute atomic E-state index is 0.0745. The lowest BCUT2D eigenvalue weighted by Crippen LogP contribution is -2.34. The van der Waals surface area contributed by atoms with E-state index in [4.69, 9.17) is 9.47 Å². The number of nitrogens with zero attached hydrogens (tertiary/aromatic N) is 1. The highest BCUT2D eigenvalue weighted by atomic mass is 16.7. The van der Waals surface area contributed by atoms with E-state index in [1.807, 2.05) is 0 Å². The average molecular weight is 215 g/mol. The van der Waals surface area contributed by atoms with Crippen molar-refractivity contribution in [2.45, 2.75) is 39.4 Å². The van der Waals surface area contributed by atoms with Crippen molar-refractivity contribution >= 4 is 0 Å². The molecule has 1 saturated heterocycles. The predicted molar refractivity (Wildman–Crippen MR) is 61.9 cm³/mol. The van der Waals surface area contributed by atoms with Crippen molar-refractivity contribution in [2.75, 3.05) is 33.9 Å². The summed E-state index contributed by atoms with van der Waals surface area (Å²) < 4.78 is 10.5. The van der Waals surface area contributed by atoms with Crippen LogP contribution < -0.4 is 0 Å². The molecule has 0 N–H and O–H groups in total. The lowest BCUT2D eigenvalue weighted by molar-refractivity contribution is -0.114. The van der Waals surface area contributed by atoms with E-state index >= 15 is 0 Å². The second-order valence-corrected chi connectivity index (χ2v) is 4.59. The molecule has 15 heavy (non-hydrogen) atoms. The number of rotatable bonds is 6. The Kier molecular flexibility index (Phi) is 5.03. The quantitative estimate of drug-likeness (QED) is 0.633. The highest BCUT2D eigenvalue weighted by Crippen LogP contribution is 2.36. The zero-order chi connectivity index (χ0) is 11.3. The molecule has 1 heterocycles. The van der Waals surface area contributed by atoms with Gasteiger partial charge in [0.1, 0.15) is 0 Å². The maximum absolute atomic E-state index is 5.23. The van der Waals surface area contributed by atoms with Crippen LogP contribution in [-0.4, -0.2) is 45.0 Å². The fourth-order valence-electron chi connectivity index (χ4n) is 2.47. The van der Waals surface area contributed by atoms with Gasteiger partial charge in [0.25, 0.3) is 0 Å². The Morgan fingerprint density at radius 3 is 2.20 bits per heavy atom. The molecule has 0 amide bonds. The Hall–Kier alpha value is -0.120. The Balaban J connectivity index is 2.41. The molecule has 1 aliphatic rings. The number of hydrogen-bond acceptors (Lipinski definition) is 3. The number of ether oxygens (including phenoxy) is 2. The van der Waals surface area contributed by atoms with Gasteiger partial charge in [0, 0.05) is 27.3 Å². The zero-order valence-electron chi connectivity index (χ0n) is 10.6. The van der Waals surface area contributed by atoms with Gasteiger partial charge < -0.3 is 9.47 Å². The highest BCUT2D eigenvalue weighted by Gasteiger charge is 2.35. The molecule has 0 radical (unpaired) electrons. The molecular formula is C12H25NO2. The van der Waals surface area contributed by atoms with Crippen LogP contribution in [0.15, 0.2) is 0 Å². The van der Waals surface area contributed by atoms with Gasteiger partial charge >= 0.3 is 0 Å². The molecule has 1 aliphatic heterocycles. The van der Waals surface area contributed by atoms with Crippen molar-refractivity contribution in [3.8, 4) is 0 Å². The fourth-order valence-corrected chi connectivity index (χ4v) is 2.47. The van der Waals surface area contributed by atoms with Gasteiger partial charge in [-0.05, 0) is 31.2 Å². The average Bonchev–Trinajstić information content (AvgIpc) is 2.70. The third-order valence-electron chi connectivity index (χ3n) is 3.95. The SMILES string of the molecule is CCC1(CC)CCN(CC(OC)OC)C1. The monoisotopic (exact) mass is 215 g/mol. The normalized spacial score (nSPS) is 21.4. The largest absolute Gasteiger partial charge is 0.355 e. The summed E-state index contributed by atoms with van der Waals surface area (Å²) in [7, 11) is 3.41. The van der Waals surface area contributed by atoms with E-state index in [-0.39, 0.29) is 6.29 Å². The summed E-state index contributed by atoms with van der Waals surface area (Å²) in [5, 5.41) is 0. The van der Waals surface area contributed by atoms with Crippen LogP contribution in [0.2, 0.25) is 0 Å². The minimum Gasteiger partial charge on any atom is -0.355 e. The minimum atomic E-state index is -0.0745. The molecule has 90 valence electrons. The highest BCUT2D eigenvalue weighted by molar-refractivity contribution is 4.88. The molecule has 1 rings (SSSR count). The van der Waals surface area contributed by atoms with Crippen molar-refractivity contribution in [3.05, 3.63) is 0 Å². The van der Waals surface area contributed by atoms with Gasteiger partial charge in [-0.1, -0.05) is 13.8 Å². The van der Waals surface area contributed by atoms with Gasteiger partial charge in [-0.2, -0.15) is 0 Å². The molecule has 3 nitrogen and oxygen atoms in total. The van der Waals surface area contributed by atoms with Crippen molar-refractivity contribution < 1.29 is 9.47 Å². The lowest BCUT2D eigenvalue weighted by Gasteiger charge is -2.27. The third-order valence-corrected chi connectivity index (χ3v) is 3.95. The molecule has 0 spiro atoms. The second kappa shape index (κ2) is 5.83. The van der Waals surface area contributed by atoms with Crippen molar-refractivity contribution in [1.82, 2.24) is 4.90 Å². The van der Waals surface area contributed by atoms with Crippen LogP contribution in [0, 0.1) is 5.41 Å². The molecule has 0 aliphatic carbocycles. The first-order valence-corrected chi connectivity index (χ1v) is 5.97. The van der Waals surface area contributed by atoms with E-state index in [1.165, 1.54) is 32.4 Å². The van der Waals surface area contributed by atoms with Gasteiger partial charge in [-0.3, -0.25) is 4.90 Å². The summed E-state index contributed by atoms with van der Waals surface area (Å²) in [6, 6.07) is 0. The van der Waals surface area contributed by atoms with Crippen molar-refractivity contribution in [2.24, 2.45) is 5.41 Å². The summed E-state index contributed by atoms with van der Waals surface area (Å²) in [5.41, 5.74) is 0.548. The molecule has 0 bridgehead atoms. The van der Waals surface area contributed by atoms with Crippen LogP contribution in [0.3, 0.4) is 0 Å². The van der Waals surface area contributed by atoms with E-state index in [0.717, 1.165) is 6.54 Å². The van der Waals surface area contributed by atoms with Gasteiger partial charge in [-0.15, -0.1) is 0 Å². The molecule has 0 aromatic carbocycles. The summed E-state index contributed by atoms with van der Waals surface area (Å²) in [6.07, 6.45) is 3.81. The first kappa shape index (κ1) is 12.9. The molecule has 0 aromatic rings. The summed E-state index contributed by atoms with van der Waals surface area (Å²) >= 11 is 0. The van der Waals surface area contributed by atoms with E-state index in [0.29, 0.717) is 5.41 Å². The van der Waals surface area contributed by atoms with Crippen LogP contribution in [0.5, 0.6) is 0 Å². The third kappa shape index (κ3) is 3.16. The van der Waals surface area contributed by atoms with Crippen molar-refractivity contribution in [1.29, 1.82) is 0 Å². The van der Waals surface area contributed by atoms with E-state index in [9.17, 15) is 0 Å². The number of methoxy groups -OCH3 is 2. The zero-order valence-corrected chi connectivity index (χ0v) is 10.6. The topological polar surface area (TPSA) is 21.7 Å². The molecular weight excluding hydrogens is 190 g/mol. The van der Waals surface area contributed by atoms with E-state index in [2.05, 4.69) is 18.7 Å². The maximum Gasteiger partial charge on any atom is 0.169 e. The lowest BCUT2D eigenvalue weighted by atomic mass is 9.82. The van der Waals surface area contributed by atoms with Gasteiger partial charge in [0.2, 0.25) is 0 Å². The first-order valence-electron chi connectivity index (χ1n) is 5.97. The van der Waals surface area contributed by atoms with Crippen LogP contribution in [-0.2, 0) is 9.47 Å². The van der Waals surface area contributed by atoms with Crippen LogP contribution in [0.25, 0.3) is 0 Å². The predicted octanol–water partition coefficient (Wildman–Crippen LogP) is 2.12. The first-order chi connectivity index (χ1) is 7.19. The molecule has 1 fully saturated rings. The Labute approximate surface area is 93.7 Å². The Morgan fingerprint density at radius 2 is 1.80 bits per heavy atom. The second-order valence-electron chi connectivity index (χ2n) is 4.59. The van der Waals surface area contributed by atoms with E-state index < -0.39 is 0 Å². The molecule has 0 unspecified atom stereocenters. The smallest absolute Gasteiger partial charge is 0.169 e. The van der Waals surface area contributed by atoms with E-state index in [1.54, 1.807) is 14.2 Å². The van der Waals surface area contributed by atoms with Gasteiger partial charge in [0.05, 0.1) is 0 Å². The van der Waals surface area contributed by atoms with Gasteiger partial charge in [-0.25, -0.2) is 0 Å². The molecule has 3 heteroatoms. The van der Waals surface area contributed by atoms with Crippen molar-refractivity contribution in [3.63, 3.8) is 0 Å². The maximum atomic E-state index is 5.23. The molecule has 0 aromatic heterocycles.